The molecule has 0 radical (unpaired) electrons. The summed E-state index contributed by atoms with van der Waals surface area (Å²) in [4.78, 5) is 25.5. The number of amides is 1. The highest BCUT2D eigenvalue weighted by molar-refractivity contribution is 9.10. The Balaban J connectivity index is 2.14. The summed E-state index contributed by atoms with van der Waals surface area (Å²) >= 11 is 3.27. The minimum Gasteiger partial charge on any atom is -0.378 e. The van der Waals surface area contributed by atoms with Crippen molar-refractivity contribution in [3.8, 4) is 0 Å². The van der Waals surface area contributed by atoms with Gasteiger partial charge in [0.2, 0.25) is 0 Å². The molecule has 5 heteroatoms. The van der Waals surface area contributed by atoms with Gasteiger partial charge in [-0.3, -0.25) is 9.59 Å². The molecule has 0 unspecified atom stereocenters. The van der Waals surface area contributed by atoms with Crippen LogP contribution in [-0.2, 0) is 9.53 Å². The van der Waals surface area contributed by atoms with E-state index < -0.39 is 11.7 Å². The third kappa shape index (κ3) is 2.73. The van der Waals surface area contributed by atoms with Crippen LogP contribution in [0.4, 0.5) is 0 Å². The van der Waals surface area contributed by atoms with Gasteiger partial charge in [-0.2, -0.15) is 0 Å². The summed E-state index contributed by atoms with van der Waals surface area (Å²) in [6, 6.07) is 6.94. The number of rotatable bonds is 2. The van der Waals surface area contributed by atoms with Crippen LogP contribution in [0.1, 0.15) is 10.4 Å². The molecule has 1 aliphatic rings. The number of halogens is 1. The van der Waals surface area contributed by atoms with Crippen molar-refractivity contribution in [2.24, 2.45) is 0 Å². The van der Waals surface area contributed by atoms with Gasteiger partial charge in [-0.15, -0.1) is 0 Å². The van der Waals surface area contributed by atoms with Crippen molar-refractivity contribution in [2.45, 2.75) is 0 Å². The maximum atomic E-state index is 12.0. The van der Waals surface area contributed by atoms with E-state index in [4.69, 9.17) is 4.74 Å². The third-order valence-electron chi connectivity index (χ3n) is 2.61. The normalized spacial score (nSPS) is 15.7. The Bertz CT molecular complexity index is 441. The van der Waals surface area contributed by atoms with E-state index in [1.54, 1.807) is 24.3 Å². The summed E-state index contributed by atoms with van der Waals surface area (Å²) in [7, 11) is 0. The first-order chi connectivity index (χ1) is 8.20. The number of benzene rings is 1. The zero-order valence-electron chi connectivity index (χ0n) is 9.19. The summed E-state index contributed by atoms with van der Waals surface area (Å²) in [6.07, 6.45) is 0. The Labute approximate surface area is 108 Å². The summed E-state index contributed by atoms with van der Waals surface area (Å²) < 4.78 is 5.79. The number of carbonyl (C=O) groups is 2. The van der Waals surface area contributed by atoms with Crippen LogP contribution in [-0.4, -0.2) is 42.9 Å². The number of nitrogens with zero attached hydrogens (tertiary/aromatic N) is 1. The SMILES string of the molecule is O=C(C(=O)N1CCOCC1)c1ccccc1Br. The van der Waals surface area contributed by atoms with E-state index in [1.807, 2.05) is 0 Å². The Morgan fingerprint density at radius 1 is 1.18 bits per heavy atom. The van der Waals surface area contributed by atoms with Gasteiger partial charge in [0.1, 0.15) is 0 Å². The molecule has 0 saturated carbocycles. The van der Waals surface area contributed by atoms with Crippen LogP contribution in [0.2, 0.25) is 0 Å². The average Bonchev–Trinajstić information content (AvgIpc) is 2.39. The van der Waals surface area contributed by atoms with Crippen molar-refractivity contribution in [1.82, 2.24) is 4.90 Å². The highest BCUT2D eigenvalue weighted by atomic mass is 79.9. The highest BCUT2D eigenvalue weighted by Gasteiger charge is 2.25. The minimum atomic E-state index is -0.473. The van der Waals surface area contributed by atoms with Crippen molar-refractivity contribution in [2.75, 3.05) is 26.3 Å². The van der Waals surface area contributed by atoms with Crippen molar-refractivity contribution in [3.63, 3.8) is 0 Å². The fourth-order valence-electron chi connectivity index (χ4n) is 1.67. The molecule has 0 N–H and O–H groups in total. The van der Waals surface area contributed by atoms with Gasteiger partial charge in [-0.05, 0) is 12.1 Å². The van der Waals surface area contributed by atoms with Gasteiger partial charge in [0.25, 0.3) is 11.7 Å². The second kappa shape index (κ2) is 5.42. The van der Waals surface area contributed by atoms with Gasteiger partial charge in [0, 0.05) is 23.1 Å². The fraction of sp³-hybridized carbons (Fsp3) is 0.333. The Morgan fingerprint density at radius 2 is 1.82 bits per heavy atom. The lowest BCUT2D eigenvalue weighted by atomic mass is 10.1. The second-order valence-electron chi connectivity index (χ2n) is 3.71. The van der Waals surface area contributed by atoms with Crippen LogP contribution in [0.25, 0.3) is 0 Å². The van der Waals surface area contributed by atoms with E-state index in [2.05, 4.69) is 15.9 Å². The quantitative estimate of drug-likeness (QED) is 0.614. The molecule has 1 saturated heterocycles. The molecule has 4 nitrogen and oxygen atoms in total. The molecular formula is C12H12BrNO3. The lowest BCUT2D eigenvalue weighted by Crippen LogP contribution is -2.44. The van der Waals surface area contributed by atoms with Gasteiger partial charge < -0.3 is 9.64 Å². The molecule has 0 bridgehead atoms. The second-order valence-corrected chi connectivity index (χ2v) is 4.57. The van der Waals surface area contributed by atoms with Crippen molar-refractivity contribution >= 4 is 27.6 Å². The molecule has 2 rings (SSSR count). The summed E-state index contributed by atoms with van der Waals surface area (Å²) in [6.45, 7) is 1.95. The predicted octanol–water partition coefficient (Wildman–Crippen LogP) is 1.49. The number of hydrogen-bond acceptors (Lipinski definition) is 3. The molecule has 0 aliphatic carbocycles. The van der Waals surface area contributed by atoms with E-state index in [0.717, 1.165) is 0 Å². The van der Waals surface area contributed by atoms with Crippen LogP contribution >= 0.6 is 15.9 Å². The molecule has 0 atom stereocenters. The monoisotopic (exact) mass is 297 g/mol. The zero-order valence-corrected chi connectivity index (χ0v) is 10.8. The van der Waals surface area contributed by atoms with Gasteiger partial charge in [-0.1, -0.05) is 28.1 Å². The van der Waals surface area contributed by atoms with Gasteiger partial charge >= 0.3 is 0 Å². The minimum absolute atomic E-state index is 0.406. The summed E-state index contributed by atoms with van der Waals surface area (Å²) in [5, 5.41) is 0. The lowest BCUT2D eigenvalue weighted by Gasteiger charge is -2.26. The first kappa shape index (κ1) is 12.3. The highest BCUT2D eigenvalue weighted by Crippen LogP contribution is 2.17. The van der Waals surface area contributed by atoms with Crippen molar-refractivity contribution in [1.29, 1.82) is 0 Å². The largest absolute Gasteiger partial charge is 0.378 e. The third-order valence-corrected chi connectivity index (χ3v) is 3.30. The molecule has 1 aromatic carbocycles. The Morgan fingerprint density at radius 3 is 2.47 bits per heavy atom. The molecular weight excluding hydrogens is 286 g/mol. The fourth-order valence-corrected chi connectivity index (χ4v) is 2.14. The van der Waals surface area contributed by atoms with E-state index in [0.29, 0.717) is 36.3 Å². The first-order valence-corrected chi connectivity index (χ1v) is 6.15. The smallest absolute Gasteiger partial charge is 0.295 e. The molecule has 1 aromatic rings. The number of ketones is 1. The molecule has 1 amide bonds. The number of hydrogen-bond donors (Lipinski definition) is 0. The molecule has 90 valence electrons. The molecule has 0 spiro atoms. The maximum Gasteiger partial charge on any atom is 0.295 e. The molecule has 1 fully saturated rings. The Hall–Kier alpha value is -1.20. The van der Waals surface area contributed by atoms with E-state index in [9.17, 15) is 9.59 Å². The Kier molecular flexibility index (Phi) is 3.91. The van der Waals surface area contributed by atoms with Crippen LogP contribution in [0.3, 0.4) is 0 Å². The summed E-state index contributed by atoms with van der Waals surface area (Å²) in [5.41, 5.74) is 0.406. The van der Waals surface area contributed by atoms with E-state index in [1.165, 1.54) is 4.90 Å². The van der Waals surface area contributed by atoms with E-state index in [-0.39, 0.29) is 0 Å². The van der Waals surface area contributed by atoms with Crippen LogP contribution in [0.15, 0.2) is 28.7 Å². The maximum absolute atomic E-state index is 12.0. The molecule has 0 aromatic heterocycles. The number of ether oxygens (including phenoxy) is 1. The van der Waals surface area contributed by atoms with E-state index >= 15 is 0 Å². The summed E-state index contributed by atoms with van der Waals surface area (Å²) in [5.74, 6) is -0.931. The number of morpholine rings is 1. The first-order valence-electron chi connectivity index (χ1n) is 5.36. The van der Waals surface area contributed by atoms with Crippen molar-refractivity contribution < 1.29 is 14.3 Å². The van der Waals surface area contributed by atoms with Gasteiger partial charge in [0.15, 0.2) is 0 Å². The molecule has 17 heavy (non-hydrogen) atoms. The van der Waals surface area contributed by atoms with Crippen molar-refractivity contribution in [3.05, 3.63) is 34.3 Å². The van der Waals surface area contributed by atoms with Crippen LogP contribution in [0, 0.1) is 0 Å². The average molecular weight is 298 g/mol. The molecule has 1 aliphatic heterocycles. The van der Waals surface area contributed by atoms with Crippen LogP contribution in [0.5, 0.6) is 0 Å². The standard InChI is InChI=1S/C12H12BrNO3/c13-10-4-2-1-3-9(10)11(15)12(16)14-5-7-17-8-6-14/h1-4H,5-8H2. The van der Waals surface area contributed by atoms with Gasteiger partial charge in [0.05, 0.1) is 13.2 Å². The zero-order chi connectivity index (χ0) is 12.3. The van der Waals surface area contributed by atoms with Gasteiger partial charge in [-0.25, -0.2) is 0 Å². The molecule has 1 heterocycles. The predicted molar refractivity (Wildman–Crippen MR) is 65.9 cm³/mol. The number of carbonyl (C=O) groups excluding carboxylic acids is 2. The number of Topliss-reactive ketones (excluding diaryl/α,β-unsaturated/α-hetero) is 1. The van der Waals surface area contributed by atoms with Crippen LogP contribution < -0.4 is 0 Å². The topological polar surface area (TPSA) is 46.6 Å². The lowest BCUT2D eigenvalue weighted by molar-refractivity contribution is -0.130.